The summed E-state index contributed by atoms with van der Waals surface area (Å²) in [5.41, 5.74) is 0.707. The summed E-state index contributed by atoms with van der Waals surface area (Å²) in [7, 11) is 1.73. The molecular weight excluding hydrogens is 488 g/mol. The van der Waals surface area contributed by atoms with E-state index < -0.39 is 10.8 Å². The quantitative estimate of drug-likeness (QED) is 0.273. The van der Waals surface area contributed by atoms with Gasteiger partial charge in [-0.25, -0.2) is 0 Å². The number of carbonyl (C=O) groups excluding carboxylic acids is 2. The molecule has 3 rings (SSSR count). The summed E-state index contributed by atoms with van der Waals surface area (Å²) in [6, 6.07) is 12.7. The molecule has 0 aliphatic carbocycles. The lowest BCUT2D eigenvalue weighted by Gasteiger charge is -2.07. The van der Waals surface area contributed by atoms with Crippen LogP contribution in [0, 0.1) is 10.1 Å². The van der Waals surface area contributed by atoms with Gasteiger partial charge in [0.25, 0.3) is 11.6 Å². The average Bonchev–Trinajstić information content (AvgIpc) is 3.11. The zero-order chi connectivity index (χ0) is 22.4. The molecular formula is C19H17BrN6O4S. The van der Waals surface area contributed by atoms with Crippen LogP contribution in [0.15, 0.2) is 58.2 Å². The topological polar surface area (TPSA) is 132 Å². The van der Waals surface area contributed by atoms with E-state index in [0.29, 0.717) is 16.7 Å². The van der Waals surface area contributed by atoms with Crippen molar-refractivity contribution in [2.45, 2.75) is 11.7 Å². The van der Waals surface area contributed by atoms with E-state index in [1.54, 1.807) is 23.7 Å². The highest BCUT2D eigenvalue weighted by molar-refractivity contribution is 9.10. The van der Waals surface area contributed by atoms with Gasteiger partial charge in [-0.2, -0.15) is 0 Å². The van der Waals surface area contributed by atoms with Crippen LogP contribution in [0.4, 0.5) is 11.4 Å². The van der Waals surface area contributed by atoms with Crippen LogP contribution in [-0.2, 0) is 18.4 Å². The molecule has 0 radical (unpaired) electrons. The van der Waals surface area contributed by atoms with Crippen molar-refractivity contribution in [2.75, 3.05) is 11.1 Å². The second-order valence-electron chi connectivity index (χ2n) is 6.29. The Morgan fingerprint density at radius 3 is 2.65 bits per heavy atom. The standard InChI is InChI=1S/C19H17BrN6O4S/c1-25-16(10-21-18(28)12-3-2-4-15(9-12)26(29)30)23-24-19(25)31-11-17(27)22-14-7-5-13(20)6-8-14/h2-9H,10-11H2,1H3,(H,21,28)(H,22,27). The number of non-ortho nitro benzene ring substituents is 1. The van der Waals surface area contributed by atoms with Crippen molar-refractivity contribution < 1.29 is 14.5 Å². The first kappa shape index (κ1) is 22.4. The van der Waals surface area contributed by atoms with Crippen molar-refractivity contribution in [3.05, 3.63) is 74.5 Å². The number of hydrogen-bond acceptors (Lipinski definition) is 7. The van der Waals surface area contributed by atoms with E-state index in [4.69, 9.17) is 0 Å². The summed E-state index contributed by atoms with van der Waals surface area (Å²) < 4.78 is 2.59. The van der Waals surface area contributed by atoms with Crippen molar-refractivity contribution in [3.8, 4) is 0 Å². The molecule has 1 heterocycles. The van der Waals surface area contributed by atoms with Crippen molar-refractivity contribution >= 4 is 50.9 Å². The van der Waals surface area contributed by atoms with Gasteiger partial charge < -0.3 is 15.2 Å². The number of anilines is 1. The van der Waals surface area contributed by atoms with Crippen molar-refractivity contribution in [2.24, 2.45) is 7.05 Å². The third kappa shape index (κ3) is 6.12. The number of aromatic nitrogens is 3. The number of carbonyl (C=O) groups is 2. The van der Waals surface area contributed by atoms with Gasteiger partial charge in [-0.05, 0) is 30.3 Å². The molecule has 160 valence electrons. The Balaban J connectivity index is 1.53. The van der Waals surface area contributed by atoms with Crippen molar-refractivity contribution in [1.82, 2.24) is 20.1 Å². The normalized spacial score (nSPS) is 10.5. The Morgan fingerprint density at radius 1 is 1.19 bits per heavy atom. The summed E-state index contributed by atoms with van der Waals surface area (Å²) in [5, 5.41) is 24.9. The van der Waals surface area contributed by atoms with Crippen LogP contribution >= 0.6 is 27.7 Å². The first-order valence-electron chi connectivity index (χ1n) is 8.92. The Bertz CT molecular complexity index is 1120. The fourth-order valence-corrected chi connectivity index (χ4v) is 3.50. The van der Waals surface area contributed by atoms with E-state index in [9.17, 15) is 19.7 Å². The highest BCUT2D eigenvalue weighted by Gasteiger charge is 2.15. The number of nitrogens with zero attached hydrogens (tertiary/aromatic N) is 4. The molecule has 0 atom stereocenters. The minimum atomic E-state index is -0.560. The minimum absolute atomic E-state index is 0.0800. The maximum Gasteiger partial charge on any atom is 0.270 e. The highest BCUT2D eigenvalue weighted by atomic mass is 79.9. The van der Waals surface area contributed by atoms with E-state index >= 15 is 0 Å². The average molecular weight is 505 g/mol. The lowest BCUT2D eigenvalue weighted by molar-refractivity contribution is -0.384. The maximum absolute atomic E-state index is 12.3. The van der Waals surface area contributed by atoms with Crippen molar-refractivity contribution in [3.63, 3.8) is 0 Å². The monoisotopic (exact) mass is 504 g/mol. The molecule has 0 fully saturated rings. The zero-order valence-corrected chi connectivity index (χ0v) is 18.6. The first-order chi connectivity index (χ1) is 14.8. The summed E-state index contributed by atoms with van der Waals surface area (Å²) >= 11 is 4.55. The molecule has 2 aromatic carbocycles. The summed E-state index contributed by atoms with van der Waals surface area (Å²) in [5.74, 6) is -0.0255. The van der Waals surface area contributed by atoms with Gasteiger partial charge in [0.1, 0.15) is 0 Å². The van der Waals surface area contributed by atoms with E-state index in [0.717, 1.165) is 4.47 Å². The van der Waals surface area contributed by atoms with E-state index in [1.807, 2.05) is 12.1 Å². The molecule has 0 saturated heterocycles. The predicted molar refractivity (Wildman–Crippen MR) is 119 cm³/mol. The minimum Gasteiger partial charge on any atom is -0.345 e. The molecule has 0 unspecified atom stereocenters. The second-order valence-corrected chi connectivity index (χ2v) is 8.15. The molecule has 12 heteroatoms. The second kappa shape index (κ2) is 10.2. The van der Waals surface area contributed by atoms with E-state index in [-0.39, 0.29) is 29.5 Å². The molecule has 1 aromatic heterocycles. The fourth-order valence-electron chi connectivity index (χ4n) is 2.51. The van der Waals surface area contributed by atoms with Gasteiger partial charge >= 0.3 is 0 Å². The Hall–Kier alpha value is -3.25. The summed E-state index contributed by atoms with van der Waals surface area (Å²) in [6.45, 7) is 0.0800. The first-order valence-corrected chi connectivity index (χ1v) is 10.7. The SMILES string of the molecule is Cn1c(CNC(=O)c2cccc([N+](=O)[O-])c2)nnc1SCC(=O)Nc1ccc(Br)cc1. The fraction of sp³-hybridized carbons (Fsp3) is 0.158. The smallest absolute Gasteiger partial charge is 0.270 e. The number of nitrogens with one attached hydrogen (secondary N) is 2. The summed E-state index contributed by atoms with van der Waals surface area (Å²) in [4.78, 5) is 34.7. The van der Waals surface area contributed by atoms with Gasteiger partial charge in [0.15, 0.2) is 11.0 Å². The van der Waals surface area contributed by atoms with Gasteiger partial charge in [0.05, 0.1) is 17.2 Å². The van der Waals surface area contributed by atoms with Crippen LogP contribution in [0.25, 0.3) is 0 Å². The number of halogens is 1. The Labute approximate surface area is 189 Å². The highest BCUT2D eigenvalue weighted by Crippen LogP contribution is 2.18. The van der Waals surface area contributed by atoms with Crippen LogP contribution in [-0.4, -0.2) is 37.3 Å². The third-order valence-corrected chi connectivity index (χ3v) is 5.66. The van der Waals surface area contributed by atoms with Crippen LogP contribution in [0.3, 0.4) is 0 Å². The number of nitro groups is 1. The number of nitro benzene ring substituents is 1. The molecule has 0 spiro atoms. The number of rotatable bonds is 8. The van der Waals surface area contributed by atoms with Crippen LogP contribution in [0.5, 0.6) is 0 Å². The molecule has 0 aliphatic heterocycles. The van der Waals surface area contributed by atoms with Crippen LogP contribution in [0.1, 0.15) is 16.2 Å². The maximum atomic E-state index is 12.3. The zero-order valence-electron chi connectivity index (χ0n) is 16.2. The number of amides is 2. The molecule has 0 saturated carbocycles. The molecule has 10 nitrogen and oxygen atoms in total. The largest absolute Gasteiger partial charge is 0.345 e. The van der Waals surface area contributed by atoms with Crippen LogP contribution < -0.4 is 10.6 Å². The third-order valence-electron chi connectivity index (χ3n) is 4.11. The van der Waals surface area contributed by atoms with Gasteiger partial charge in [0.2, 0.25) is 5.91 Å². The van der Waals surface area contributed by atoms with Gasteiger partial charge in [-0.15, -0.1) is 10.2 Å². The van der Waals surface area contributed by atoms with Gasteiger partial charge in [-0.3, -0.25) is 19.7 Å². The Kier molecular flexibility index (Phi) is 7.36. The predicted octanol–water partition coefficient (Wildman–Crippen LogP) is 3.15. The van der Waals surface area contributed by atoms with E-state index in [1.165, 1.54) is 36.0 Å². The lowest BCUT2D eigenvalue weighted by atomic mass is 10.2. The molecule has 31 heavy (non-hydrogen) atoms. The van der Waals surface area contributed by atoms with Crippen LogP contribution in [0.2, 0.25) is 0 Å². The Morgan fingerprint density at radius 2 is 1.94 bits per heavy atom. The lowest BCUT2D eigenvalue weighted by Crippen LogP contribution is -2.24. The molecule has 3 aromatic rings. The number of benzene rings is 2. The van der Waals surface area contributed by atoms with Crippen molar-refractivity contribution in [1.29, 1.82) is 0 Å². The molecule has 2 N–H and O–H groups in total. The van der Waals surface area contributed by atoms with Gasteiger partial charge in [0, 0.05) is 34.9 Å². The summed E-state index contributed by atoms with van der Waals surface area (Å²) in [6.07, 6.45) is 0. The molecule has 2 amide bonds. The molecule has 0 aliphatic rings. The molecule has 0 bridgehead atoms. The number of hydrogen-bond donors (Lipinski definition) is 2. The van der Waals surface area contributed by atoms with E-state index in [2.05, 4.69) is 36.8 Å². The number of thioether (sulfide) groups is 1. The van der Waals surface area contributed by atoms with Gasteiger partial charge in [-0.1, -0.05) is 33.8 Å².